The second kappa shape index (κ2) is 7.76. The summed E-state index contributed by atoms with van der Waals surface area (Å²) in [4.78, 5) is 2.77. The molecule has 3 heteroatoms. The van der Waals surface area contributed by atoms with E-state index in [4.69, 9.17) is 0 Å². The minimum Gasteiger partial charge on any atom is -0.311 e. The number of nitrogens with one attached hydrogen (secondary N) is 1. The number of piperazine rings is 1. The average molecular weight is 273 g/mol. The Labute approximate surface area is 118 Å². The van der Waals surface area contributed by atoms with Crippen LogP contribution in [0.4, 0.5) is 0 Å². The van der Waals surface area contributed by atoms with Crippen molar-refractivity contribution >= 4 is 11.8 Å². The van der Waals surface area contributed by atoms with Gasteiger partial charge in [-0.15, -0.1) is 0 Å². The second-order valence-corrected chi connectivity index (χ2v) is 7.38. The van der Waals surface area contributed by atoms with Crippen LogP contribution in [0.1, 0.15) is 41.0 Å². The van der Waals surface area contributed by atoms with Crippen LogP contribution >= 0.6 is 11.8 Å². The van der Waals surface area contributed by atoms with Crippen LogP contribution in [0.3, 0.4) is 0 Å². The predicted molar refractivity (Wildman–Crippen MR) is 84.4 cm³/mol. The van der Waals surface area contributed by atoms with Crippen LogP contribution in [0.25, 0.3) is 0 Å². The van der Waals surface area contributed by atoms with E-state index in [1.54, 1.807) is 0 Å². The molecule has 0 aromatic heterocycles. The first-order valence-electron chi connectivity index (χ1n) is 7.45. The first-order chi connectivity index (χ1) is 8.47. The molecule has 2 nitrogen and oxygen atoms in total. The largest absolute Gasteiger partial charge is 0.311 e. The Morgan fingerprint density at radius 2 is 1.83 bits per heavy atom. The highest BCUT2D eigenvalue weighted by atomic mass is 32.2. The van der Waals surface area contributed by atoms with E-state index in [1.165, 1.54) is 18.7 Å². The first-order valence-corrected chi connectivity index (χ1v) is 8.84. The maximum Gasteiger partial charge on any atom is 0.0247 e. The van der Waals surface area contributed by atoms with Crippen molar-refractivity contribution in [2.45, 2.75) is 59.2 Å². The zero-order valence-corrected chi connectivity index (χ0v) is 13.9. The van der Waals surface area contributed by atoms with Crippen molar-refractivity contribution in [2.24, 2.45) is 11.8 Å². The summed E-state index contributed by atoms with van der Waals surface area (Å²) in [6.07, 6.45) is 3.52. The second-order valence-electron chi connectivity index (χ2n) is 6.40. The molecular weight excluding hydrogens is 240 g/mol. The molecule has 1 N–H and O–H groups in total. The monoisotopic (exact) mass is 272 g/mol. The molecule has 0 amide bonds. The molecule has 108 valence electrons. The van der Waals surface area contributed by atoms with E-state index in [9.17, 15) is 0 Å². The maximum absolute atomic E-state index is 3.74. The topological polar surface area (TPSA) is 15.3 Å². The molecule has 0 spiro atoms. The van der Waals surface area contributed by atoms with Crippen molar-refractivity contribution < 1.29 is 0 Å². The van der Waals surface area contributed by atoms with Crippen molar-refractivity contribution in [3.63, 3.8) is 0 Å². The predicted octanol–water partition coefficient (Wildman–Crippen LogP) is 3.08. The number of nitrogens with zero attached hydrogens (tertiary/aromatic N) is 1. The summed E-state index contributed by atoms with van der Waals surface area (Å²) in [5.74, 6) is 2.75. The lowest BCUT2D eigenvalue weighted by Gasteiger charge is -2.46. The third kappa shape index (κ3) is 4.43. The molecule has 1 saturated heterocycles. The molecule has 0 bridgehead atoms. The zero-order valence-electron chi connectivity index (χ0n) is 13.1. The van der Waals surface area contributed by atoms with Crippen molar-refractivity contribution in [1.82, 2.24) is 10.2 Å². The molecule has 3 atom stereocenters. The lowest BCUT2D eigenvalue weighted by Crippen LogP contribution is -2.61. The van der Waals surface area contributed by atoms with Crippen LogP contribution in [0.2, 0.25) is 0 Å². The van der Waals surface area contributed by atoms with E-state index in [0.717, 1.165) is 18.4 Å². The lowest BCUT2D eigenvalue weighted by atomic mass is 9.92. The van der Waals surface area contributed by atoms with Crippen molar-refractivity contribution in [1.29, 1.82) is 0 Å². The third-order valence-electron chi connectivity index (χ3n) is 4.30. The molecular formula is C15H32N2S. The minimum atomic E-state index is 0.664. The average Bonchev–Trinajstić information content (AvgIpc) is 2.34. The quantitative estimate of drug-likeness (QED) is 0.800. The van der Waals surface area contributed by atoms with Crippen molar-refractivity contribution in [3.05, 3.63) is 0 Å². The molecule has 3 unspecified atom stereocenters. The summed E-state index contributed by atoms with van der Waals surface area (Å²) in [7, 11) is 0. The minimum absolute atomic E-state index is 0.664. The van der Waals surface area contributed by atoms with Crippen molar-refractivity contribution in [3.8, 4) is 0 Å². The van der Waals surface area contributed by atoms with Gasteiger partial charge in [0, 0.05) is 31.2 Å². The van der Waals surface area contributed by atoms with E-state index < -0.39 is 0 Å². The molecule has 0 aliphatic carbocycles. The Kier molecular flexibility index (Phi) is 7.04. The molecule has 0 radical (unpaired) electrons. The molecule has 18 heavy (non-hydrogen) atoms. The van der Waals surface area contributed by atoms with Gasteiger partial charge in [0.05, 0.1) is 0 Å². The lowest BCUT2D eigenvalue weighted by molar-refractivity contribution is 0.0508. The Morgan fingerprint density at radius 1 is 1.17 bits per heavy atom. The van der Waals surface area contributed by atoms with Crippen LogP contribution in [0.5, 0.6) is 0 Å². The van der Waals surface area contributed by atoms with Gasteiger partial charge < -0.3 is 5.32 Å². The summed E-state index contributed by atoms with van der Waals surface area (Å²) in [5, 5.41) is 3.74. The van der Waals surface area contributed by atoms with E-state index in [-0.39, 0.29) is 0 Å². The Balaban J connectivity index is 2.65. The van der Waals surface area contributed by atoms with Crippen molar-refractivity contribution in [2.75, 3.05) is 25.1 Å². The maximum atomic E-state index is 3.74. The fourth-order valence-corrected chi connectivity index (χ4v) is 3.42. The Bertz CT molecular complexity index is 231. The van der Waals surface area contributed by atoms with Gasteiger partial charge in [-0.1, -0.05) is 27.7 Å². The molecule has 1 fully saturated rings. The van der Waals surface area contributed by atoms with Gasteiger partial charge in [0.15, 0.2) is 0 Å². The van der Waals surface area contributed by atoms with Gasteiger partial charge in [0.2, 0.25) is 0 Å². The van der Waals surface area contributed by atoms with Crippen LogP contribution in [-0.4, -0.2) is 48.1 Å². The van der Waals surface area contributed by atoms with Crippen LogP contribution in [0.15, 0.2) is 0 Å². The fourth-order valence-electron chi connectivity index (χ4n) is 2.84. The number of thioether (sulfide) groups is 1. The van der Waals surface area contributed by atoms with E-state index in [1.807, 2.05) is 11.8 Å². The molecule has 0 saturated carbocycles. The smallest absolute Gasteiger partial charge is 0.0247 e. The summed E-state index contributed by atoms with van der Waals surface area (Å²) < 4.78 is 0. The molecule has 0 aromatic carbocycles. The molecule has 1 aliphatic rings. The number of hydrogen-bond acceptors (Lipinski definition) is 3. The number of hydrogen-bond donors (Lipinski definition) is 1. The summed E-state index contributed by atoms with van der Waals surface area (Å²) >= 11 is 1.97. The highest BCUT2D eigenvalue weighted by Gasteiger charge is 2.33. The highest BCUT2D eigenvalue weighted by molar-refractivity contribution is 7.98. The van der Waals surface area contributed by atoms with Gasteiger partial charge in [0.25, 0.3) is 0 Å². The summed E-state index contributed by atoms with van der Waals surface area (Å²) in [6, 6.07) is 2.08. The fraction of sp³-hybridized carbons (Fsp3) is 1.00. The van der Waals surface area contributed by atoms with E-state index in [2.05, 4.69) is 51.1 Å². The third-order valence-corrected chi connectivity index (χ3v) is 4.95. The Morgan fingerprint density at radius 3 is 2.33 bits per heavy atom. The Hall–Kier alpha value is 0.270. The van der Waals surface area contributed by atoms with Crippen LogP contribution < -0.4 is 5.32 Å². The highest BCUT2D eigenvalue weighted by Crippen LogP contribution is 2.22. The van der Waals surface area contributed by atoms with Crippen LogP contribution in [-0.2, 0) is 0 Å². The van der Waals surface area contributed by atoms with Gasteiger partial charge >= 0.3 is 0 Å². The van der Waals surface area contributed by atoms with Crippen LogP contribution in [0, 0.1) is 11.8 Å². The molecule has 1 rings (SSSR count). The molecule has 1 heterocycles. The molecule has 0 aromatic rings. The molecule has 1 aliphatic heterocycles. The van der Waals surface area contributed by atoms with Gasteiger partial charge in [-0.05, 0) is 37.2 Å². The SMILES string of the molecule is CSCCC(C)N1CC(C(C)C)NCC1C(C)C. The van der Waals surface area contributed by atoms with Gasteiger partial charge in [-0.2, -0.15) is 11.8 Å². The number of rotatable bonds is 6. The zero-order chi connectivity index (χ0) is 13.7. The standard InChI is InChI=1S/C15H32N2S/c1-11(2)14-10-17(13(5)7-8-18-6)15(9-16-14)12(3)4/h11-16H,7-10H2,1-6H3. The normalized spacial score (nSPS) is 28.0. The summed E-state index contributed by atoms with van der Waals surface area (Å²) in [6.45, 7) is 14.2. The first kappa shape index (κ1) is 16.3. The van der Waals surface area contributed by atoms with E-state index >= 15 is 0 Å². The van der Waals surface area contributed by atoms with Gasteiger partial charge in [-0.3, -0.25) is 4.90 Å². The van der Waals surface area contributed by atoms with Gasteiger partial charge in [-0.25, -0.2) is 0 Å². The summed E-state index contributed by atoms with van der Waals surface area (Å²) in [5.41, 5.74) is 0. The van der Waals surface area contributed by atoms with E-state index in [0.29, 0.717) is 18.1 Å². The van der Waals surface area contributed by atoms with Gasteiger partial charge in [0.1, 0.15) is 0 Å².